The van der Waals surface area contributed by atoms with Crippen LogP contribution in [-0.2, 0) is 20.6 Å². The van der Waals surface area contributed by atoms with E-state index in [-0.39, 0.29) is 11.3 Å². The average Bonchev–Trinajstić information content (AvgIpc) is 2.35. The van der Waals surface area contributed by atoms with E-state index >= 15 is 0 Å². The second kappa shape index (κ2) is 6.68. The third kappa shape index (κ3) is 4.83. The van der Waals surface area contributed by atoms with Crippen LogP contribution in [0.2, 0.25) is 0 Å². The number of rotatable bonds is 7. The molecular formula is C13H18N2O5S. The molecule has 0 spiro atoms. The average molecular weight is 314 g/mol. The standard InChI is InChI=1S/C13H18N2O5S/c1-9(2)15(7-12(14)16)21(19,20)8-10-4-3-5-11(6-10)13(17)18/h3-6,9H,7-8H2,1-2H3,(H2,14,16)(H,17,18). The second-order valence-corrected chi connectivity index (χ2v) is 6.79. The highest BCUT2D eigenvalue weighted by atomic mass is 32.2. The number of carbonyl (C=O) groups is 2. The van der Waals surface area contributed by atoms with Crippen molar-refractivity contribution in [2.45, 2.75) is 25.6 Å². The van der Waals surface area contributed by atoms with Crippen LogP contribution in [0.1, 0.15) is 29.8 Å². The van der Waals surface area contributed by atoms with Crippen LogP contribution in [0.4, 0.5) is 0 Å². The number of aromatic carboxylic acids is 1. The summed E-state index contributed by atoms with van der Waals surface area (Å²) in [6.45, 7) is 2.86. The highest BCUT2D eigenvalue weighted by Crippen LogP contribution is 2.15. The Bertz CT molecular complexity index is 640. The van der Waals surface area contributed by atoms with Gasteiger partial charge in [-0.25, -0.2) is 13.2 Å². The monoisotopic (exact) mass is 314 g/mol. The van der Waals surface area contributed by atoms with Crippen LogP contribution in [0.3, 0.4) is 0 Å². The molecule has 21 heavy (non-hydrogen) atoms. The number of carboxylic acids is 1. The molecule has 1 aromatic rings. The summed E-state index contributed by atoms with van der Waals surface area (Å²) in [5.74, 6) is -2.27. The van der Waals surface area contributed by atoms with Gasteiger partial charge in [0.1, 0.15) is 0 Å². The lowest BCUT2D eigenvalue weighted by Gasteiger charge is -2.24. The van der Waals surface area contributed by atoms with E-state index in [0.717, 1.165) is 4.31 Å². The van der Waals surface area contributed by atoms with E-state index in [9.17, 15) is 18.0 Å². The fourth-order valence-electron chi connectivity index (χ4n) is 1.84. The summed E-state index contributed by atoms with van der Waals surface area (Å²) < 4.78 is 25.7. The summed E-state index contributed by atoms with van der Waals surface area (Å²) in [6, 6.07) is 5.24. The van der Waals surface area contributed by atoms with E-state index in [1.165, 1.54) is 24.3 Å². The molecule has 0 aliphatic rings. The van der Waals surface area contributed by atoms with Crippen molar-refractivity contribution in [2.24, 2.45) is 5.73 Å². The maximum absolute atomic E-state index is 12.3. The zero-order valence-electron chi connectivity index (χ0n) is 11.8. The Hall–Kier alpha value is -1.93. The van der Waals surface area contributed by atoms with Gasteiger partial charge in [-0.15, -0.1) is 0 Å². The van der Waals surface area contributed by atoms with Crippen LogP contribution in [0.5, 0.6) is 0 Å². The summed E-state index contributed by atoms with van der Waals surface area (Å²) in [5.41, 5.74) is 5.41. The molecule has 0 aliphatic carbocycles. The minimum absolute atomic E-state index is 0.00805. The van der Waals surface area contributed by atoms with Crippen molar-refractivity contribution in [3.05, 3.63) is 35.4 Å². The van der Waals surface area contributed by atoms with E-state index in [4.69, 9.17) is 10.8 Å². The predicted octanol–water partition coefficient (Wildman–Crippen LogP) is 0.410. The molecule has 7 nitrogen and oxygen atoms in total. The van der Waals surface area contributed by atoms with Crippen molar-refractivity contribution in [3.8, 4) is 0 Å². The normalized spacial score (nSPS) is 11.8. The van der Waals surface area contributed by atoms with Gasteiger partial charge in [0, 0.05) is 6.04 Å². The van der Waals surface area contributed by atoms with Crippen molar-refractivity contribution < 1.29 is 23.1 Å². The zero-order chi connectivity index (χ0) is 16.2. The minimum atomic E-state index is -3.77. The number of hydrogen-bond acceptors (Lipinski definition) is 4. The molecule has 0 bridgehead atoms. The van der Waals surface area contributed by atoms with Crippen LogP contribution in [0.25, 0.3) is 0 Å². The number of hydrogen-bond donors (Lipinski definition) is 2. The minimum Gasteiger partial charge on any atom is -0.478 e. The number of amides is 1. The first-order chi connectivity index (χ1) is 9.63. The maximum atomic E-state index is 12.3. The van der Waals surface area contributed by atoms with Gasteiger partial charge in [0.05, 0.1) is 17.9 Å². The lowest BCUT2D eigenvalue weighted by Crippen LogP contribution is -2.43. The van der Waals surface area contributed by atoms with Crippen molar-refractivity contribution in [1.29, 1.82) is 0 Å². The molecule has 3 N–H and O–H groups in total. The molecule has 0 aromatic heterocycles. The molecule has 0 aliphatic heterocycles. The number of sulfonamides is 1. The number of nitrogens with zero attached hydrogens (tertiary/aromatic N) is 1. The Morgan fingerprint density at radius 2 is 1.95 bits per heavy atom. The number of primary amides is 1. The molecule has 1 rings (SSSR count). The molecule has 0 saturated carbocycles. The second-order valence-electron chi connectivity index (χ2n) is 4.87. The van der Waals surface area contributed by atoms with Crippen LogP contribution >= 0.6 is 0 Å². The molecule has 116 valence electrons. The highest BCUT2D eigenvalue weighted by molar-refractivity contribution is 7.88. The molecule has 0 unspecified atom stereocenters. The predicted molar refractivity (Wildman–Crippen MR) is 77.1 cm³/mol. The summed E-state index contributed by atoms with van der Waals surface area (Å²) in [5, 5.41) is 8.90. The first-order valence-electron chi connectivity index (χ1n) is 6.23. The van der Waals surface area contributed by atoms with Crippen LogP contribution in [0, 0.1) is 0 Å². The van der Waals surface area contributed by atoms with E-state index in [1.807, 2.05) is 0 Å². The van der Waals surface area contributed by atoms with E-state index < -0.39 is 34.5 Å². The first-order valence-corrected chi connectivity index (χ1v) is 7.84. The van der Waals surface area contributed by atoms with E-state index in [2.05, 4.69) is 0 Å². The van der Waals surface area contributed by atoms with Crippen LogP contribution in [-0.4, -0.2) is 42.3 Å². The largest absolute Gasteiger partial charge is 0.478 e. The van der Waals surface area contributed by atoms with Gasteiger partial charge in [-0.1, -0.05) is 12.1 Å². The summed E-state index contributed by atoms with van der Waals surface area (Å²) in [4.78, 5) is 21.9. The van der Waals surface area contributed by atoms with Crippen LogP contribution < -0.4 is 5.73 Å². The Labute approximate surface area is 123 Å². The van der Waals surface area contributed by atoms with Gasteiger partial charge >= 0.3 is 5.97 Å². The molecule has 8 heteroatoms. The Kier molecular flexibility index (Phi) is 5.45. The van der Waals surface area contributed by atoms with Gasteiger partial charge in [0.25, 0.3) is 0 Å². The quantitative estimate of drug-likeness (QED) is 0.755. The SMILES string of the molecule is CC(C)N(CC(N)=O)S(=O)(=O)Cc1cccc(C(=O)O)c1. The number of carbonyl (C=O) groups excluding carboxylic acids is 1. The third-order valence-electron chi connectivity index (χ3n) is 2.77. The van der Waals surface area contributed by atoms with Gasteiger partial charge in [-0.2, -0.15) is 4.31 Å². The third-order valence-corrected chi connectivity index (χ3v) is 4.73. The molecule has 0 fully saturated rings. The zero-order valence-corrected chi connectivity index (χ0v) is 12.6. The molecule has 0 saturated heterocycles. The van der Waals surface area contributed by atoms with Gasteiger partial charge in [-0.3, -0.25) is 4.79 Å². The maximum Gasteiger partial charge on any atom is 0.335 e. The topological polar surface area (TPSA) is 118 Å². The Morgan fingerprint density at radius 3 is 2.43 bits per heavy atom. The summed E-state index contributed by atoms with van der Waals surface area (Å²) in [7, 11) is -3.77. The van der Waals surface area contributed by atoms with E-state index in [0.29, 0.717) is 5.56 Å². The fraction of sp³-hybridized carbons (Fsp3) is 0.385. The number of carboxylic acid groups (broad SMARTS) is 1. The van der Waals surface area contributed by atoms with Crippen LogP contribution in [0.15, 0.2) is 24.3 Å². The molecule has 0 heterocycles. The smallest absolute Gasteiger partial charge is 0.335 e. The van der Waals surface area contributed by atoms with Gasteiger partial charge < -0.3 is 10.8 Å². The van der Waals surface area contributed by atoms with E-state index in [1.54, 1.807) is 13.8 Å². The molecule has 0 radical (unpaired) electrons. The number of nitrogens with two attached hydrogens (primary N) is 1. The van der Waals surface area contributed by atoms with Gasteiger partial charge in [0.15, 0.2) is 0 Å². The lowest BCUT2D eigenvalue weighted by molar-refractivity contribution is -0.118. The molecule has 1 aromatic carbocycles. The van der Waals surface area contributed by atoms with Crippen molar-refractivity contribution in [3.63, 3.8) is 0 Å². The summed E-state index contributed by atoms with van der Waals surface area (Å²) in [6.07, 6.45) is 0. The molecule has 1 amide bonds. The Morgan fingerprint density at radius 1 is 1.33 bits per heavy atom. The van der Waals surface area contributed by atoms with Crippen molar-refractivity contribution in [1.82, 2.24) is 4.31 Å². The number of benzene rings is 1. The highest BCUT2D eigenvalue weighted by Gasteiger charge is 2.26. The van der Waals surface area contributed by atoms with Crippen molar-refractivity contribution in [2.75, 3.05) is 6.54 Å². The Balaban J connectivity index is 3.05. The van der Waals surface area contributed by atoms with Gasteiger partial charge in [0.2, 0.25) is 15.9 Å². The van der Waals surface area contributed by atoms with Crippen molar-refractivity contribution >= 4 is 21.9 Å². The summed E-state index contributed by atoms with van der Waals surface area (Å²) >= 11 is 0. The first kappa shape index (κ1) is 17.1. The van der Waals surface area contributed by atoms with Gasteiger partial charge in [-0.05, 0) is 31.5 Å². The molecule has 0 atom stereocenters. The fourth-order valence-corrected chi connectivity index (χ4v) is 3.58. The lowest BCUT2D eigenvalue weighted by atomic mass is 10.1. The molecular weight excluding hydrogens is 296 g/mol.